The zero-order chi connectivity index (χ0) is 15.4. The van der Waals surface area contributed by atoms with E-state index in [-0.39, 0.29) is 12.5 Å². The van der Waals surface area contributed by atoms with E-state index in [1.165, 1.54) is 0 Å². The molecule has 5 nitrogen and oxygen atoms in total. The summed E-state index contributed by atoms with van der Waals surface area (Å²) in [5, 5.41) is 4.26. The summed E-state index contributed by atoms with van der Waals surface area (Å²) in [5.74, 6) is 0.0815. The molecule has 0 spiro atoms. The lowest BCUT2D eigenvalue weighted by Crippen LogP contribution is -2.33. The molecule has 0 saturated heterocycles. The summed E-state index contributed by atoms with van der Waals surface area (Å²) in [4.78, 5) is 13.9. The van der Waals surface area contributed by atoms with E-state index in [4.69, 9.17) is 5.73 Å². The number of carbonyl (C=O) groups is 1. The van der Waals surface area contributed by atoms with Crippen LogP contribution in [0.25, 0.3) is 11.1 Å². The molecule has 0 saturated carbocycles. The first kappa shape index (κ1) is 15.1. The Morgan fingerprint density at radius 1 is 1.29 bits per heavy atom. The van der Waals surface area contributed by atoms with Crippen LogP contribution in [0.15, 0.2) is 30.6 Å². The third-order valence-electron chi connectivity index (χ3n) is 3.66. The number of anilines is 1. The highest BCUT2D eigenvalue weighted by molar-refractivity contribution is 5.76. The molecule has 21 heavy (non-hydrogen) atoms. The maximum absolute atomic E-state index is 12.1. The molecule has 1 amide bonds. The van der Waals surface area contributed by atoms with Crippen LogP contribution in [-0.2, 0) is 11.3 Å². The van der Waals surface area contributed by atoms with Crippen LogP contribution in [0, 0.1) is 6.92 Å². The lowest BCUT2D eigenvalue weighted by Gasteiger charge is -2.18. The van der Waals surface area contributed by atoms with Gasteiger partial charge in [-0.2, -0.15) is 5.10 Å². The van der Waals surface area contributed by atoms with Crippen molar-refractivity contribution in [3.05, 3.63) is 36.2 Å². The smallest absolute Gasteiger partial charge is 0.244 e. The Labute approximate surface area is 125 Å². The van der Waals surface area contributed by atoms with Crippen molar-refractivity contribution in [2.75, 3.05) is 18.8 Å². The quantitative estimate of drug-likeness (QED) is 0.858. The second-order valence-corrected chi connectivity index (χ2v) is 5.06. The first-order valence-corrected chi connectivity index (χ1v) is 7.21. The maximum atomic E-state index is 12.1. The van der Waals surface area contributed by atoms with Gasteiger partial charge in [0.05, 0.1) is 6.20 Å². The topological polar surface area (TPSA) is 64.2 Å². The maximum Gasteiger partial charge on any atom is 0.244 e. The van der Waals surface area contributed by atoms with Gasteiger partial charge in [-0.15, -0.1) is 0 Å². The predicted molar refractivity (Wildman–Crippen MR) is 84.7 cm³/mol. The number of aromatic nitrogens is 2. The lowest BCUT2D eigenvalue weighted by molar-refractivity contribution is -0.131. The summed E-state index contributed by atoms with van der Waals surface area (Å²) in [6.45, 7) is 7.64. The van der Waals surface area contributed by atoms with Crippen LogP contribution in [0.1, 0.15) is 19.4 Å². The molecule has 0 radical (unpaired) electrons. The average Bonchev–Trinajstić information content (AvgIpc) is 2.91. The molecular formula is C16H22N4O. The van der Waals surface area contributed by atoms with Crippen LogP contribution < -0.4 is 5.73 Å². The number of aryl methyl sites for hydroxylation is 1. The molecule has 0 unspecified atom stereocenters. The number of nitrogen functional groups attached to an aromatic ring is 1. The number of benzene rings is 1. The summed E-state index contributed by atoms with van der Waals surface area (Å²) in [6.07, 6.45) is 3.64. The number of likely N-dealkylation sites (N-methyl/N-ethyl adjacent to an activating group) is 1. The third-order valence-corrected chi connectivity index (χ3v) is 3.66. The molecule has 2 rings (SSSR count). The van der Waals surface area contributed by atoms with Gasteiger partial charge in [-0.25, -0.2) is 0 Å². The molecule has 112 valence electrons. The van der Waals surface area contributed by atoms with Gasteiger partial charge in [-0.05, 0) is 38.0 Å². The molecule has 0 aliphatic carbocycles. The largest absolute Gasteiger partial charge is 0.398 e. The van der Waals surface area contributed by atoms with Crippen molar-refractivity contribution >= 4 is 11.6 Å². The number of nitrogens with zero attached hydrogens (tertiary/aromatic N) is 3. The van der Waals surface area contributed by atoms with Crippen LogP contribution in [-0.4, -0.2) is 33.7 Å². The number of hydrogen-bond donors (Lipinski definition) is 1. The minimum absolute atomic E-state index is 0.0815. The van der Waals surface area contributed by atoms with E-state index < -0.39 is 0 Å². The van der Waals surface area contributed by atoms with Crippen molar-refractivity contribution in [2.45, 2.75) is 27.3 Å². The molecule has 5 heteroatoms. The van der Waals surface area contributed by atoms with Crippen LogP contribution in [0.5, 0.6) is 0 Å². The fraction of sp³-hybridized carbons (Fsp3) is 0.375. The number of carbonyl (C=O) groups excluding carboxylic acids is 1. The normalized spacial score (nSPS) is 10.6. The SMILES string of the molecule is CCN(CC)C(=O)Cn1cc(-c2ccc(C)c(N)c2)cn1. The Bertz CT molecular complexity index is 629. The van der Waals surface area contributed by atoms with Gasteiger partial charge in [-0.1, -0.05) is 12.1 Å². The minimum Gasteiger partial charge on any atom is -0.398 e. The van der Waals surface area contributed by atoms with Gasteiger partial charge in [0.15, 0.2) is 0 Å². The molecule has 0 bridgehead atoms. The molecule has 0 fully saturated rings. The Hall–Kier alpha value is -2.30. The van der Waals surface area contributed by atoms with Gasteiger partial charge in [0.25, 0.3) is 0 Å². The lowest BCUT2D eigenvalue weighted by atomic mass is 10.1. The number of rotatable bonds is 5. The van der Waals surface area contributed by atoms with Gasteiger partial charge in [0, 0.05) is 30.5 Å². The van der Waals surface area contributed by atoms with E-state index in [1.54, 1.807) is 15.8 Å². The molecule has 1 heterocycles. The average molecular weight is 286 g/mol. The molecule has 1 aromatic heterocycles. The van der Waals surface area contributed by atoms with Crippen molar-refractivity contribution in [3.63, 3.8) is 0 Å². The second kappa shape index (κ2) is 6.43. The van der Waals surface area contributed by atoms with Crippen LogP contribution in [0.4, 0.5) is 5.69 Å². The van der Waals surface area contributed by atoms with E-state index in [0.717, 1.165) is 35.5 Å². The van der Waals surface area contributed by atoms with Gasteiger partial charge in [0.1, 0.15) is 6.54 Å². The van der Waals surface area contributed by atoms with Crippen molar-refractivity contribution in [1.29, 1.82) is 0 Å². The zero-order valence-corrected chi connectivity index (χ0v) is 12.8. The highest BCUT2D eigenvalue weighted by Crippen LogP contribution is 2.23. The van der Waals surface area contributed by atoms with Crippen molar-refractivity contribution < 1.29 is 4.79 Å². The van der Waals surface area contributed by atoms with Crippen LogP contribution in [0.3, 0.4) is 0 Å². The first-order valence-electron chi connectivity index (χ1n) is 7.21. The van der Waals surface area contributed by atoms with E-state index in [0.29, 0.717) is 0 Å². The molecule has 1 aromatic carbocycles. The monoisotopic (exact) mass is 286 g/mol. The molecule has 0 aliphatic heterocycles. The highest BCUT2D eigenvalue weighted by Gasteiger charge is 2.11. The van der Waals surface area contributed by atoms with Gasteiger partial charge in [-0.3, -0.25) is 9.48 Å². The number of hydrogen-bond acceptors (Lipinski definition) is 3. The fourth-order valence-corrected chi connectivity index (χ4v) is 2.23. The second-order valence-electron chi connectivity index (χ2n) is 5.06. The standard InChI is InChI=1S/C16H22N4O/c1-4-19(5-2)16(21)11-20-10-14(9-18-20)13-7-6-12(3)15(17)8-13/h6-10H,4-5,11,17H2,1-3H3. The predicted octanol–water partition coefficient (Wildman–Crippen LogP) is 2.31. The van der Waals surface area contributed by atoms with E-state index >= 15 is 0 Å². The first-order chi connectivity index (χ1) is 10.0. The fourth-order valence-electron chi connectivity index (χ4n) is 2.23. The van der Waals surface area contributed by atoms with E-state index in [1.807, 2.05) is 45.2 Å². The van der Waals surface area contributed by atoms with Gasteiger partial charge >= 0.3 is 0 Å². The minimum atomic E-state index is 0.0815. The van der Waals surface area contributed by atoms with Crippen molar-refractivity contribution in [1.82, 2.24) is 14.7 Å². The molecular weight excluding hydrogens is 264 g/mol. The molecule has 2 N–H and O–H groups in total. The summed E-state index contributed by atoms with van der Waals surface area (Å²) in [5.41, 5.74) is 9.74. The Morgan fingerprint density at radius 2 is 2.00 bits per heavy atom. The number of nitrogens with two attached hydrogens (primary N) is 1. The van der Waals surface area contributed by atoms with E-state index in [2.05, 4.69) is 5.10 Å². The Balaban J connectivity index is 2.14. The van der Waals surface area contributed by atoms with E-state index in [9.17, 15) is 4.79 Å². The molecule has 0 atom stereocenters. The molecule has 2 aromatic rings. The van der Waals surface area contributed by atoms with Crippen molar-refractivity contribution in [3.8, 4) is 11.1 Å². The summed E-state index contributed by atoms with van der Waals surface area (Å²) < 4.78 is 1.67. The zero-order valence-electron chi connectivity index (χ0n) is 12.8. The summed E-state index contributed by atoms with van der Waals surface area (Å²) in [6, 6.07) is 5.94. The summed E-state index contributed by atoms with van der Waals surface area (Å²) >= 11 is 0. The number of amides is 1. The Morgan fingerprint density at radius 3 is 2.62 bits per heavy atom. The third kappa shape index (κ3) is 3.42. The van der Waals surface area contributed by atoms with Gasteiger partial charge in [0.2, 0.25) is 5.91 Å². The van der Waals surface area contributed by atoms with Crippen LogP contribution in [0.2, 0.25) is 0 Å². The van der Waals surface area contributed by atoms with Crippen LogP contribution >= 0.6 is 0 Å². The molecule has 0 aliphatic rings. The Kier molecular flexibility index (Phi) is 4.62. The van der Waals surface area contributed by atoms with Gasteiger partial charge < -0.3 is 10.6 Å². The van der Waals surface area contributed by atoms with Crippen molar-refractivity contribution in [2.24, 2.45) is 0 Å². The highest BCUT2D eigenvalue weighted by atomic mass is 16.2. The summed E-state index contributed by atoms with van der Waals surface area (Å²) in [7, 11) is 0.